The summed E-state index contributed by atoms with van der Waals surface area (Å²) >= 11 is 0. The van der Waals surface area contributed by atoms with E-state index in [0.717, 1.165) is 0 Å². The van der Waals surface area contributed by atoms with Gasteiger partial charge >= 0.3 is 5.97 Å². The van der Waals surface area contributed by atoms with E-state index in [2.05, 4.69) is 10.3 Å². The lowest BCUT2D eigenvalue weighted by Gasteiger charge is -2.17. The summed E-state index contributed by atoms with van der Waals surface area (Å²) in [5, 5.41) is 21.0. The SMILES string of the molecule is CC(C)(O)CNc1ccc(C(=O)O)cn1. The fourth-order valence-corrected chi connectivity index (χ4v) is 0.932. The predicted molar refractivity (Wildman–Crippen MR) is 56.0 cm³/mol. The standard InChI is InChI=1S/C10H14N2O3/c1-10(2,15)6-12-8-4-3-7(5-11-8)9(13)14/h3-5,15H,6H2,1-2H3,(H,11,12)(H,13,14). The van der Waals surface area contributed by atoms with Crippen molar-refractivity contribution in [2.45, 2.75) is 19.4 Å². The molecule has 0 aromatic carbocycles. The smallest absolute Gasteiger partial charge is 0.337 e. The minimum Gasteiger partial charge on any atom is -0.478 e. The van der Waals surface area contributed by atoms with Crippen LogP contribution in [0.4, 0.5) is 5.82 Å². The third-order valence-electron chi connectivity index (χ3n) is 1.71. The van der Waals surface area contributed by atoms with E-state index in [9.17, 15) is 9.90 Å². The number of carbonyl (C=O) groups is 1. The number of nitrogens with one attached hydrogen (secondary N) is 1. The van der Waals surface area contributed by atoms with Gasteiger partial charge in [0, 0.05) is 12.7 Å². The highest BCUT2D eigenvalue weighted by molar-refractivity contribution is 5.87. The Hall–Kier alpha value is -1.62. The minimum absolute atomic E-state index is 0.142. The summed E-state index contributed by atoms with van der Waals surface area (Å²) in [4.78, 5) is 14.4. The molecule has 0 aliphatic heterocycles. The number of aliphatic hydroxyl groups is 1. The van der Waals surface area contributed by atoms with E-state index in [1.54, 1.807) is 19.9 Å². The van der Waals surface area contributed by atoms with Crippen LogP contribution in [-0.2, 0) is 0 Å². The number of rotatable bonds is 4. The molecule has 0 amide bonds. The third kappa shape index (κ3) is 3.95. The number of anilines is 1. The molecule has 82 valence electrons. The molecule has 0 aliphatic carbocycles. The third-order valence-corrected chi connectivity index (χ3v) is 1.71. The van der Waals surface area contributed by atoms with E-state index in [1.807, 2.05) is 0 Å². The molecule has 0 unspecified atom stereocenters. The highest BCUT2D eigenvalue weighted by Gasteiger charge is 2.12. The molecule has 1 heterocycles. The summed E-state index contributed by atoms with van der Waals surface area (Å²) in [5.74, 6) is -0.460. The van der Waals surface area contributed by atoms with Crippen molar-refractivity contribution in [1.29, 1.82) is 0 Å². The quantitative estimate of drug-likeness (QED) is 0.689. The Morgan fingerprint density at radius 3 is 2.60 bits per heavy atom. The Kier molecular flexibility index (Phi) is 3.26. The molecule has 5 nitrogen and oxygen atoms in total. The summed E-state index contributed by atoms with van der Waals surface area (Å²) < 4.78 is 0. The van der Waals surface area contributed by atoms with Crippen molar-refractivity contribution < 1.29 is 15.0 Å². The number of pyridine rings is 1. The van der Waals surface area contributed by atoms with Crippen LogP contribution in [0.15, 0.2) is 18.3 Å². The van der Waals surface area contributed by atoms with Crippen LogP contribution in [-0.4, -0.2) is 33.3 Å². The van der Waals surface area contributed by atoms with Crippen LogP contribution in [0.2, 0.25) is 0 Å². The van der Waals surface area contributed by atoms with Crippen molar-refractivity contribution in [3.05, 3.63) is 23.9 Å². The molecular weight excluding hydrogens is 196 g/mol. The number of nitrogens with zero attached hydrogens (tertiary/aromatic N) is 1. The van der Waals surface area contributed by atoms with Crippen LogP contribution >= 0.6 is 0 Å². The molecule has 0 spiro atoms. The number of hydrogen-bond donors (Lipinski definition) is 3. The average Bonchev–Trinajstić information content (AvgIpc) is 2.14. The molecule has 1 rings (SSSR count). The average molecular weight is 210 g/mol. The molecule has 0 atom stereocenters. The highest BCUT2D eigenvalue weighted by atomic mass is 16.4. The van der Waals surface area contributed by atoms with Crippen molar-refractivity contribution in [2.24, 2.45) is 0 Å². The topological polar surface area (TPSA) is 82.5 Å². The lowest BCUT2D eigenvalue weighted by atomic mass is 10.1. The maximum atomic E-state index is 10.5. The van der Waals surface area contributed by atoms with Gasteiger partial charge in [-0.2, -0.15) is 0 Å². The largest absolute Gasteiger partial charge is 0.478 e. The van der Waals surface area contributed by atoms with Crippen molar-refractivity contribution in [3.63, 3.8) is 0 Å². The first-order valence-electron chi connectivity index (χ1n) is 4.54. The van der Waals surface area contributed by atoms with E-state index < -0.39 is 11.6 Å². The molecule has 1 aromatic heterocycles. The van der Waals surface area contributed by atoms with E-state index >= 15 is 0 Å². The van der Waals surface area contributed by atoms with Gasteiger partial charge in [0.15, 0.2) is 0 Å². The zero-order valence-electron chi connectivity index (χ0n) is 8.69. The summed E-state index contributed by atoms with van der Waals surface area (Å²) in [6.45, 7) is 3.70. The zero-order chi connectivity index (χ0) is 11.5. The van der Waals surface area contributed by atoms with Gasteiger partial charge in [0.05, 0.1) is 11.2 Å². The van der Waals surface area contributed by atoms with Crippen molar-refractivity contribution >= 4 is 11.8 Å². The molecule has 0 radical (unpaired) electrons. The van der Waals surface area contributed by atoms with Gasteiger partial charge in [0.2, 0.25) is 0 Å². The normalized spacial score (nSPS) is 11.1. The predicted octanol–water partition coefficient (Wildman–Crippen LogP) is 0.963. The first-order valence-corrected chi connectivity index (χ1v) is 4.54. The zero-order valence-corrected chi connectivity index (χ0v) is 8.69. The van der Waals surface area contributed by atoms with Crippen molar-refractivity contribution in [2.75, 3.05) is 11.9 Å². The Balaban J connectivity index is 2.61. The molecular formula is C10H14N2O3. The second-order valence-electron chi connectivity index (χ2n) is 3.90. The van der Waals surface area contributed by atoms with E-state index in [0.29, 0.717) is 12.4 Å². The molecule has 0 bridgehead atoms. The first-order chi connectivity index (χ1) is 6.88. The molecule has 1 aromatic rings. The number of aromatic nitrogens is 1. The van der Waals surface area contributed by atoms with Gasteiger partial charge in [-0.05, 0) is 26.0 Å². The monoisotopic (exact) mass is 210 g/mol. The first kappa shape index (κ1) is 11.5. The Bertz CT molecular complexity index is 341. The summed E-state index contributed by atoms with van der Waals surface area (Å²) in [5.41, 5.74) is -0.684. The van der Waals surface area contributed by atoms with Crippen LogP contribution in [0.25, 0.3) is 0 Å². The fraction of sp³-hybridized carbons (Fsp3) is 0.400. The lowest BCUT2D eigenvalue weighted by molar-refractivity contribution is 0.0696. The Morgan fingerprint density at radius 1 is 1.53 bits per heavy atom. The Labute approximate surface area is 87.8 Å². The van der Waals surface area contributed by atoms with E-state index in [-0.39, 0.29) is 5.56 Å². The second kappa shape index (κ2) is 4.27. The van der Waals surface area contributed by atoms with Crippen LogP contribution in [0.3, 0.4) is 0 Å². The number of hydrogen-bond acceptors (Lipinski definition) is 4. The summed E-state index contributed by atoms with van der Waals surface area (Å²) in [6.07, 6.45) is 1.27. The van der Waals surface area contributed by atoms with Gasteiger partial charge < -0.3 is 15.5 Å². The van der Waals surface area contributed by atoms with Crippen LogP contribution in [0.1, 0.15) is 24.2 Å². The van der Waals surface area contributed by atoms with Gasteiger partial charge in [0.25, 0.3) is 0 Å². The lowest BCUT2D eigenvalue weighted by Crippen LogP contribution is -2.29. The fourth-order valence-electron chi connectivity index (χ4n) is 0.932. The van der Waals surface area contributed by atoms with E-state index in [1.165, 1.54) is 12.3 Å². The van der Waals surface area contributed by atoms with Crippen LogP contribution < -0.4 is 5.32 Å². The molecule has 0 saturated heterocycles. The van der Waals surface area contributed by atoms with Gasteiger partial charge in [0.1, 0.15) is 5.82 Å². The second-order valence-corrected chi connectivity index (χ2v) is 3.90. The van der Waals surface area contributed by atoms with Crippen LogP contribution in [0.5, 0.6) is 0 Å². The van der Waals surface area contributed by atoms with Gasteiger partial charge in [-0.3, -0.25) is 0 Å². The van der Waals surface area contributed by atoms with Gasteiger partial charge in [-0.1, -0.05) is 0 Å². The maximum Gasteiger partial charge on any atom is 0.337 e. The molecule has 0 saturated carbocycles. The van der Waals surface area contributed by atoms with Crippen LogP contribution in [0, 0.1) is 0 Å². The van der Waals surface area contributed by atoms with Gasteiger partial charge in [-0.25, -0.2) is 9.78 Å². The minimum atomic E-state index is -1.00. The van der Waals surface area contributed by atoms with Gasteiger partial charge in [-0.15, -0.1) is 0 Å². The molecule has 0 fully saturated rings. The number of aromatic carboxylic acids is 1. The molecule has 0 aliphatic rings. The summed E-state index contributed by atoms with van der Waals surface area (Å²) in [6, 6.07) is 3.03. The highest BCUT2D eigenvalue weighted by Crippen LogP contribution is 2.07. The van der Waals surface area contributed by atoms with Crippen molar-refractivity contribution in [1.82, 2.24) is 4.98 Å². The molecule has 3 N–H and O–H groups in total. The number of carboxylic acids is 1. The van der Waals surface area contributed by atoms with E-state index in [4.69, 9.17) is 5.11 Å². The Morgan fingerprint density at radius 2 is 2.20 bits per heavy atom. The molecule has 5 heteroatoms. The maximum absolute atomic E-state index is 10.5. The van der Waals surface area contributed by atoms with Crippen molar-refractivity contribution in [3.8, 4) is 0 Å². The number of carboxylic acid groups (broad SMARTS) is 1. The molecule has 15 heavy (non-hydrogen) atoms. The summed E-state index contributed by atoms with van der Waals surface area (Å²) in [7, 11) is 0.